The molecule has 12 heteroatoms. The van der Waals surface area contributed by atoms with Crippen LogP contribution in [0.3, 0.4) is 0 Å². The van der Waals surface area contributed by atoms with Crippen LogP contribution in [0.15, 0.2) is 12.7 Å². The van der Waals surface area contributed by atoms with Crippen LogP contribution < -0.4 is 11.1 Å². The van der Waals surface area contributed by atoms with E-state index in [1.54, 1.807) is 10.9 Å². The Bertz CT molecular complexity index is 738. The van der Waals surface area contributed by atoms with E-state index in [0.29, 0.717) is 62.9 Å². The summed E-state index contributed by atoms with van der Waals surface area (Å²) >= 11 is 0. The van der Waals surface area contributed by atoms with Crippen LogP contribution in [0.4, 0.5) is 5.82 Å². The maximum absolute atomic E-state index is 11.9. The summed E-state index contributed by atoms with van der Waals surface area (Å²) in [5.41, 5.74) is 6.92. The number of nitrogens with two attached hydrogens (primary N) is 1. The standard InChI is InChI=1S/C16H27N7O3.CH2O2/c1-22(2)6-8-26-10-9-25-7-4-18-13(24)3-5-23-12-21-14-15(17)19-11-20-16(14)23;2-1-3/h11-12H,3-10H2,1-2H3,(H,18,24)(H2,17,19,20);1H,(H,2,3). The number of carbonyl (C=O) groups excluding carboxylic acids is 1. The van der Waals surface area contributed by atoms with Crippen molar-refractivity contribution in [3.05, 3.63) is 12.7 Å². The molecular weight excluding hydrogens is 382 g/mol. The van der Waals surface area contributed by atoms with Crippen molar-refractivity contribution in [2.75, 3.05) is 59.3 Å². The fourth-order valence-electron chi connectivity index (χ4n) is 2.20. The molecule has 2 rings (SSSR count). The van der Waals surface area contributed by atoms with Gasteiger partial charge in [-0.05, 0) is 14.1 Å². The number of nitrogens with zero attached hydrogens (tertiary/aromatic N) is 5. The van der Waals surface area contributed by atoms with Crippen molar-refractivity contribution in [3.8, 4) is 0 Å². The number of aryl methyl sites for hydroxylation is 1. The van der Waals surface area contributed by atoms with Gasteiger partial charge in [-0.15, -0.1) is 0 Å². The van der Waals surface area contributed by atoms with Crippen LogP contribution >= 0.6 is 0 Å². The molecular formula is C17H29N7O5. The van der Waals surface area contributed by atoms with Gasteiger partial charge in [0.2, 0.25) is 5.91 Å². The molecule has 0 atom stereocenters. The minimum absolute atomic E-state index is 0.0558. The first-order valence-corrected chi connectivity index (χ1v) is 9.05. The van der Waals surface area contributed by atoms with E-state index in [4.69, 9.17) is 25.1 Å². The molecule has 0 unspecified atom stereocenters. The number of nitrogens with one attached hydrogen (secondary N) is 1. The van der Waals surface area contributed by atoms with Crippen LogP contribution in [0.2, 0.25) is 0 Å². The van der Waals surface area contributed by atoms with Gasteiger partial charge in [0, 0.05) is 26.1 Å². The number of carboxylic acid groups (broad SMARTS) is 1. The zero-order chi connectivity index (χ0) is 21.5. The molecule has 12 nitrogen and oxygen atoms in total. The molecule has 0 aromatic carbocycles. The van der Waals surface area contributed by atoms with E-state index in [2.05, 4.69) is 25.2 Å². The lowest BCUT2D eigenvalue weighted by molar-refractivity contribution is -0.123. The molecule has 0 aliphatic rings. The highest BCUT2D eigenvalue weighted by Crippen LogP contribution is 2.14. The number of ether oxygens (including phenoxy) is 2. The van der Waals surface area contributed by atoms with Crippen molar-refractivity contribution in [2.45, 2.75) is 13.0 Å². The quantitative estimate of drug-likeness (QED) is 0.298. The van der Waals surface area contributed by atoms with Crippen molar-refractivity contribution in [2.24, 2.45) is 0 Å². The lowest BCUT2D eigenvalue weighted by Gasteiger charge is -2.10. The first-order valence-electron chi connectivity index (χ1n) is 9.05. The fourth-order valence-corrected chi connectivity index (χ4v) is 2.20. The Morgan fingerprint density at radius 3 is 2.62 bits per heavy atom. The number of hydrogen-bond acceptors (Lipinski definition) is 9. The predicted molar refractivity (Wildman–Crippen MR) is 106 cm³/mol. The van der Waals surface area contributed by atoms with Gasteiger partial charge in [-0.1, -0.05) is 0 Å². The number of imidazole rings is 1. The Morgan fingerprint density at radius 2 is 1.93 bits per heavy atom. The predicted octanol–water partition coefficient (Wildman–Crippen LogP) is -0.790. The van der Waals surface area contributed by atoms with Gasteiger partial charge in [0.05, 0.1) is 32.8 Å². The monoisotopic (exact) mass is 411 g/mol. The lowest BCUT2D eigenvalue weighted by atomic mass is 10.4. The van der Waals surface area contributed by atoms with E-state index in [1.807, 2.05) is 14.1 Å². The van der Waals surface area contributed by atoms with Gasteiger partial charge in [0.25, 0.3) is 6.47 Å². The first kappa shape index (κ1) is 24.2. The molecule has 0 saturated heterocycles. The van der Waals surface area contributed by atoms with Crippen LogP contribution in [0.5, 0.6) is 0 Å². The largest absolute Gasteiger partial charge is 0.483 e. The molecule has 0 aliphatic heterocycles. The molecule has 0 spiro atoms. The zero-order valence-corrected chi connectivity index (χ0v) is 16.8. The topological polar surface area (TPSA) is 158 Å². The second-order valence-electron chi connectivity index (χ2n) is 6.10. The Balaban J connectivity index is 0.00000132. The van der Waals surface area contributed by atoms with Crippen molar-refractivity contribution >= 4 is 29.4 Å². The minimum atomic E-state index is -0.250. The molecule has 29 heavy (non-hydrogen) atoms. The Morgan fingerprint density at radius 1 is 1.24 bits per heavy atom. The first-order chi connectivity index (χ1) is 14.0. The Hall–Kier alpha value is -2.83. The maximum atomic E-state index is 11.9. The highest BCUT2D eigenvalue weighted by atomic mass is 16.5. The average Bonchev–Trinajstić information content (AvgIpc) is 3.10. The zero-order valence-electron chi connectivity index (χ0n) is 16.8. The van der Waals surface area contributed by atoms with Crippen molar-refractivity contribution < 1.29 is 24.2 Å². The molecule has 0 aliphatic carbocycles. The summed E-state index contributed by atoms with van der Waals surface area (Å²) in [5, 5.41) is 9.71. The summed E-state index contributed by atoms with van der Waals surface area (Å²) in [6.07, 6.45) is 3.32. The van der Waals surface area contributed by atoms with E-state index in [9.17, 15) is 4.79 Å². The van der Waals surface area contributed by atoms with Gasteiger partial charge >= 0.3 is 0 Å². The average molecular weight is 411 g/mol. The summed E-state index contributed by atoms with van der Waals surface area (Å²) in [6.45, 7) is 3.80. The molecule has 0 fully saturated rings. The third-order valence-corrected chi connectivity index (χ3v) is 3.63. The number of carbonyl (C=O) groups is 2. The number of fused-ring (bicyclic) bond motifs is 1. The molecule has 2 aromatic heterocycles. The molecule has 0 bridgehead atoms. The lowest BCUT2D eigenvalue weighted by Crippen LogP contribution is -2.28. The molecule has 4 N–H and O–H groups in total. The summed E-state index contributed by atoms with van der Waals surface area (Å²) in [4.78, 5) is 34.5. The van der Waals surface area contributed by atoms with Crippen LogP contribution in [-0.4, -0.2) is 95.5 Å². The second-order valence-corrected chi connectivity index (χ2v) is 6.10. The van der Waals surface area contributed by atoms with Gasteiger partial charge in [0.1, 0.15) is 11.8 Å². The van der Waals surface area contributed by atoms with Gasteiger partial charge < -0.3 is 35.1 Å². The highest BCUT2D eigenvalue weighted by Gasteiger charge is 2.09. The Labute approximate surface area is 169 Å². The number of anilines is 1. The number of hydrogen-bond donors (Lipinski definition) is 3. The van der Waals surface area contributed by atoms with E-state index in [1.165, 1.54) is 6.33 Å². The van der Waals surface area contributed by atoms with Gasteiger partial charge in [0.15, 0.2) is 11.5 Å². The van der Waals surface area contributed by atoms with Crippen molar-refractivity contribution in [1.82, 2.24) is 29.7 Å². The smallest absolute Gasteiger partial charge is 0.290 e. The summed E-state index contributed by atoms with van der Waals surface area (Å²) < 4.78 is 12.6. The van der Waals surface area contributed by atoms with Crippen LogP contribution in [0, 0.1) is 0 Å². The summed E-state index contributed by atoms with van der Waals surface area (Å²) in [7, 11) is 4.00. The van der Waals surface area contributed by atoms with Gasteiger partial charge in [-0.25, -0.2) is 15.0 Å². The molecule has 162 valence electrons. The van der Waals surface area contributed by atoms with Crippen molar-refractivity contribution in [3.63, 3.8) is 0 Å². The van der Waals surface area contributed by atoms with E-state index >= 15 is 0 Å². The number of likely N-dealkylation sites (N-methyl/N-ethyl adjacent to an activating group) is 1. The number of nitrogen functional groups attached to an aromatic ring is 1. The molecule has 0 saturated carbocycles. The minimum Gasteiger partial charge on any atom is -0.483 e. The van der Waals surface area contributed by atoms with E-state index in [0.717, 1.165) is 6.54 Å². The Kier molecular flexibility index (Phi) is 11.9. The SMILES string of the molecule is CN(C)CCOCCOCCNC(=O)CCn1cnc2c(N)ncnc21.O=CO. The third kappa shape index (κ3) is 9.78. The highest BCUT2D eigenvalue weighted by molar-refractivity contribution is 5.81. The third-order valence-electron chi connectivity index (χ3n) is 3.63. The van der Waals surface area contributed by atoms with E-state index < -0.39 is 0 Å². The normalized spacial score (nSPS) is 10.6. The summed E-state index contributed by atoms with van der Waals surface area (Å²) in [6, 6.07) is 0. The van der Waals surface area contributed by atoms with Crippen LogP contribution in [0.1, 0.15) is 6.42 Å². The maximum Gasteiger partial charge on any atom is 0.290 e. The number of aromatic nitrogens is 4. The number of amides is 1. The molecule has 2 heterocycles. The van der Waals surface area contributed by atoms with E-state index in [-0.39, 0.29) is 12.4 Å². The fraction of sp³-hybridized carbons (Fsp3) is 0.588. The molecule has 0 radical (unpaired) electrons. The van der Waals surface area contributed by atoms with Gasteiger partial charge in [-0.2, -0.15) is 0 Å². The number of rotatable bonds is 12. The summed E-state index contributed by atoms with van der Waals surface area (Å²) in [5.74, 6) is 0.278. The van der Waals surface area contributed by atoms with Crippen LogP contribution in [0.25, 0.3) is 11.2 Å². The van der Waals surface area contributed by atoms with Gasteiger partial charge in [-0.3, -0.25) is 9.59 Å². The molecule has 1 amide bonds. The second kappa shape index (κ2) is 14.2. The van der Waals surface area contributed by atoms with Crippen molar-refractivity contribution in [1.29, 1.82) is 0 Å². The van der Waals surface area contributed by atoms with Crippen LogP contribution in [-0.2, 0) is 25.6 Å². The molecule has 2 aromatic rings.